The maximum atomic E-state index is 9.85. The van der Waals surface area contributed by atoms with Crippen LogP contribution in [0.2, 0.25) is 0 Å². The largest absolute Gasteiger partial charge is 0.493 e. The lowest BCUT2D eigenvalue weighted by atomic mass is 9.85. The molecule has 20 heavy (non-hydrogen) atoms. The predicted molar refractivity (Wildman–Crippen MR) is 83.3 cm³/mol. The summed E-state index contributed by atoms with van der Waals surface area (Å²) in [5, 5.41) is 9.85. The number of ether oxygens (including phenoxy) is 1. The second-order valence-corrected chi connectivity index (χ2v) is 7.15. The van der Waals surface area contributed by atoms with Crippen LogP contribution in [0.15, 0.2) is 18.2 Å². The van der Waals surface area contributed by atoms with Crippen molar-refractivity contribution < 1.29 is 9.84 Å². The fraction of sp³-hybridized carbons (Fsp3) is 0.667. The zero-order valence-electron chi connectivity index (χ0n) is 13.3. The van der Waals surface area contributed by atoms with Crippen LogP contribution < -0.4 is 4.74 Å². The quantitative estimate of drug-likeness (QED) is 0.892. The minimum Gasteiger partial charge on any atom is -0.493 e. The molecule has 2 nitrogen and oxygen atoms in total. The van der Waals surface area contributed by atoms with Crippen molar-refractivity contribution in [3.63, 3.8) is 0 Å². The molecule has 0 spiro atoms. The molecule has 2 atom stereocenters. The summed E-state index contributed by atoms with van der Waals surface area (Å²) >= 11 is 0. The highest BCUT2D eigenvalue weighted by molar-refractivity contribution is 5.41. The van der Waals surface area contributed by atoms with Crippen LogP contribution in [0.1, 0.15) is 57.6 Å². The van der Waals surface area contributed by atoms with Crippen molar-refractivity contribution in [3.05, 3.63) is 29.3 Å². The molecule has 1 aromatic rings. The highest BCUT2D eigenvalue weighted by Crippen LogP contribution is 2.33. The third-order valence-corrected chi connectivity index (χ3v) is 4.31. The molecule has 0 aromatic heterocycles. The Bertz CT molecular complexity index is 445. The zero-order chi connectivity index (χ0) is 14.8. The van der Waals surface area contributed by atoms with E-state index in [2.05, 4.69) is 45.9 Å². The number of benzene rings is 1. The van der Waals surface area contributed by atoms with Gasteiger partial charge in [-0.2, -0.15) is 0 Å². The van der Waals surface area contributed by atoms with Crippen molar-refractivity contribution in [1.29, 1.82) is 0 Å². The number of rotatable bonds is 4. The number of aryl methyl sites for hydroxylation is 1. The first kappa shape index (κ1) is 15.4. The van der Waals surface area contributed by atoms with Crippen LogP contribution in [0.25, 0.3) is 0 Å². The van der Waals surface area contributed by atoms with Crippen molar-refractivity contribution in [3.8, 4) is 5.75 Å². The summed E-state index contributed by atoms with van der Waals surface area (Å²) in [6.07, 6.45) is 4.11. The fourth-order valence-corrected chi connectivity index (χ4v) is 3.03. The first-order valence-corrected chi connectivity index (χ1v) is 7.80. The molecule has 0 heterocycles. The number of hydrogen-bond donors (Lipinski definition) is 1. The molecule has 2 rings (SSSR count). The first-order valence-electron chi connectivity index (χ1n) is 7.80. The highest BCUT2D eigenvalue weighted by Gasteiger charge is 2.25. The summed E-state index contributed by atoms with van der Waals surface area (Å²) in [4.78, 5) is 0. The molecule has 1 fully saturated rings. The molecule has 2 heteroatoms. The third-order valence-electron chi connectivity index (χ3n) is 4.31. The van der Waals surface area contributed by atoms with E-state index in [1.54, 1.807) is 0 Å². The Labute approximate surface area is 123 Å². The van der Waals surface area contributed by atoms with Crippen molar-refractivity contribution in [2.24, 2.45) is 5.92 Å². The molecular formula is C18H28O2. The Morgan fingerprint density at radius 2 is 2.00 bits per heavy atom. The van der Waals surface area contributed by atoms with Gasteiger partial charge < -0.3 is 9.84 Å². The van der Waals surface area contributed by atoms with E-state index < -0.39 is 0 Å². The average Bonchev–Trinajstić information content (AvgIpc) is 2.76. The molecule has 1 N–H and O–H groups in total. The van der Waals surface area contributed by atoms with E-state index in [0.29, 0.717) is 12.5 Å². The van der Waals surface area contributed by atoms with Gasteiger partial charge >= 0.3 is 0 Å². The minimum atomic E-state index is -0.112. The Morgan fingerprint density at radius 1 is 1.25 bits per heavy atom. The van der Waals surface area contributed by atoms with Gasteiger partial charge in [-0.05, 0) is 49.1 Å². The predicted octanol–water partition coefficient (Wildman–Crippen LogP) is 4.22. The summed E-state index contributed by atoms with van der Waals surface area (Å²) in [6, 6.07) is 6.41. The van der Waals surface area contributed by atoms with Gasteiger partial charge in [0.1, 0.15) is 5.75 Å². The van der Waals surface area contributed by atoms with Gasteiger partial charge in [0.2, 0.25) is 0 Å². The number of aliphatic hydroxyl groups is 1. The fourth-order valence-electron chi connectivity index (χ4n) is 3.03. The molecule has 0 aliphatic heterocycles. The van der Waals surface area contributed by atoms with Gasteiger partial charge in [0.25, 0.3) is 0 Å². The third kappa shape index (κ3) is 3.76. The summed E-state index contributed by atoms with van der Waals surface area (Å²) < 4.78 is 6.02. The standard InChI is InChI=1S/C18H28O2/c1-13-8-9-17(15(12-13)18(2,3)4)20-11-10-14-6-5-7-16(14)19/h8-9,12,14,16,19H,5-7,10-11H2,1-4H3. The number of aliphatic hydroxyl groups excluding tert-OH is 1. The van der Waals surface area contributed by atoms with Crippen LogP contribution in [0.4, 0.5) is 0 Å². The van der Waals surface area contributed by atoms with Crippen LogP contribution in [0, 0.1) is 12.8 Å². The maximum Gasteiger partial charge on any atom is 0.123 e. The van der Waals surface area contributed by atoms with Gasteiger partial charge in [-0.3, -0.25) is 0 Å². The van der Waals surface area contributed by atoms with E-state index in [-0.39, 0.29) is 11.5 Å². The lowest BCUT2D eigenvalue weighted by Gasteiger charge is -2.24. The van der Waals surface area contributed by atoms with Gasteiger partial charge in [-0.15, -0.1) is 0 Å². The minimum absolute atomic E-state index is 0.0915. The van der Waals surface area contributed by atoms with Crippen molar-refractivity contribution in [1.82, 2.24) is 0 Å². The van der Waals surface area contributed by atoms with Crippen LogP contribution in [0.3, 0.4) is 0 Å². The lowest BCUT2D eigenvalue weighted by molar-refractivity contribution is 0.116. The van der Waals surface area contributed by atoms with Gasteiger partial charge in [0, 0.05) is 0 Å². The van der Waals surface area contributed by atoms with Gasteiger partial charge in [-0.25, -0.2) is 0 Å². The smallest absolute Gasteiger partial charge is 0.123 e. The molecule has 2 unspecified atom stereocenters. The molecule has 0 radical (unpaired) electrons. The first-order chi connectivity index (χ1) is 9.38. The molecule has 1 aliphatic rings. The van der Waals surface area contributed by atoms with Gasteiger partial charge in [0.05, 0.1) is 12.7 Å². The Balaban J connectivity index is 1.99. The van der Waals surface area contributed by atoms with E-state index >= 15 is 0 Å². The van der Waals surface area contributed by atoms with Crippen molar-refractivity contribution in [2.75, 3.05) is 6.61 Å². The Hall–Kier alpha value is -1.02. The number of hydrogen-bond acceptors (Lipinski definition) is 2. The van der Waals surface area contributed by atoms with Crippen LogP contribution in [0.5, 0.6) is 5.75 Å². The second kappa shape index (κ2) is 6.17. The zero-order valence-corrected chi connectivity index (χ0v) is 13.3. The molecule has 1 aromatic carbocycles. The van der Waals surface area contributed by atoms with Crippen LogP contribution >= 0.6 is 0 Å². The molecular weight excluding hydrogens is 248 g/mol. The highest BCUT2D eigenvalue weighted by atomic mass is 16.5. The maximum absolute atomic E-state index is 9.85. The molecule has 1 saturated carbocycles. The van der Waals surface area contributed by atoms with E-state index in [9.17, 15) is 5.11 Å². The SMILES string of the molecule is Cc1ccc(OCCC2CCCC2O)c(C(C)(C)C)c1. The molecule has 0 amide bonds. The average molecular weight is 276 g/mol. The molecule has 0 bridgehead atoms. The molecule has 112 valence electrons. The van der Waals surface area contributed by atoms with Crippen molar-refractivity contribution in [2.45, 2.75) is 64.9 Å². The summed E-state index contributed by atoms with van der Waals surface area (Å²) in [7, 11) is 0. The summed E-state index contributed by atoms with van der Waals surface area (Å²) in [5.41, 5.74) is 2.63. The Kier molecular flexibility index (Phi) is 4.74. The lowest BCUT2D eigenvalue weighted by Crippen LogP contribution is -2.18. The van der Waals surface area contributed by atoms with E-state index in [4.69, 9.17) is 4.74 Å². The second-order valence-electron chi connectivity index (χ2n) is 7.15. The summed E-state index contributed by atoms with van der Waals surface area (Å²) in [5.74, 6) is 1.43. The van der Waals surface area contributed by atoms with E-state index in [1.165, 1.54) is 11.1 Å². The normalized spacial score (nSPS) is 23.1. The summed E-state index contributed by atoms with van der Waals surface area (Å²) in [6.45, 7) is 9.47. The van der Waals surface area contributed by atoms with Crippen molar-refractivity contribution >= 4 is 0 Å². The Morgan fingerprint density at radius 3 is 2.60 bits per heavy atom. The monoisotopic (exact) mass is 276 g/mol. The van der Waals surface area contributed by atoms with Crippen LogP contribution in [-0.4, -0.2) is 17.8 Å². The van der Waals surface area contributed by atoms with Gasteiger partial charge in [-0.1, -0.05) is 44.9 Å². The topological polar surface area (TPSA) is 29.5 Å². The molecule has 1 aliphatic carbocycles. The molecule has 0 saturated heterocycles. The van der Waals surface area contributed by atoms with E-state index in [0.717, 1.165) is 31.4 Å². The van der Waals surface area contributed by atoms with Crippen LogP contribution in [-0.2, 0) is 5.41 Å². The van der Waals surface area contributed by atoms with Gasteiger partial charge in [0.15, 0.2) is 0 Å². The van der Waals surface area contributed by atoms with E-state index in [1.807, 2.05) is 0 Å².